The van der Waals surface area contributed by atoms with Crippen molar-refractivity contribution in [3.05, 3.63) is 211 Å². The van der Waals surface area contributed by atoms with E-state index >= 15 is 0 Å². The van der Waals surface area contributed by atoms with Crippen LogP contribution in [0.25, 0.3) is 66.8 Å². The summed E-state index contributed by atoms with van der Waals surface area (Å²) in [6, 6.07) is 71.9. The fourth-order valence-corrected chi connectivity index (χ4v) is 8.42. The molecule has 0 saturated heterocycles. The molecule has 1 aliphatic rings. The number of benzene rings is 8. The summed E-state index contributed by atoms with van der Waals surface area (Å²) in [4.78, 5) is 2.33. The normalized spacial score (nSPS) is 12.7. The minimum Gasteiger partial charge on any atom is -0.456 e. The second-order valence-corrected chi connectivity index (χ2v) is 15.0. The summed E-state index contributed by atoms with van der Waals surface area (Å²) in [5.74, 6) is 1.01. The highest BCUT2D eigenvalue weighted by molar-refractivity contribution is 5.95. The number of furan rings is 1. The van der Waals surface area contributed by atoms with Gasteiger partial charge in [0.15, 0.2) is 0 Å². The minimum absolute atomic E-state index is 0.112. The van der Waals surface area contributed by atoms with Gasteiger partial charge in [0, 0.05) is 39.0 Å². The van der Waals surface area contributed by atoms with Gasteiger partial charge in [-0.1, -0.05) is 166 Å². The van der Waals surface area contributed by atoms with Gasteiger partial charge in [-0.3, -0.25) is 0 Å². The maximum atomic E-state index is 6.47. The van der Waals surface area contributed by atoms with Crippen molar-refractivity contribution in [3.8, 4) is 55.8 Å². The van der Waals surface area contributed by atoms with E-state index in [0.29, 0.717) is 0 Å². The molecule has 1 heterocycles. The Morgan fingerprint density at radius 3 is 1.25 bits per heavy atom. The molecular formula is C53H39NO. The molecule has 0 unspecified atom stereocenters. The molecule has 0 saturated carbocycles. The molecule has 1 aliphatic carbocycles. The van der Waals surface area contributed by atoms with Crippen LogP contribution >= 0.6 is 0 Å². The first-order chi connectivity index (χ1) is 27.0. The van der Waals surface area contributed by atoms with Crippen molar-refractivity contribution in [2.45, 2.75) is 19.3 Å². The van der Waals surface area contributed by atoms with Crippen LogP contribution in [0.3, 0.4) is 0 Å². The molecule has 0 aliphatic heterocycles. The van der Waals surface area contributed by atoms with E-state index in [2.05, 4.69) is 213 Å². The fraction of sp³-hybridized carbons (Fsp3) is 0.0566. The van der Waals surface area contributed by atoms with E-state index in [4.69, 9.17) is 4.42 Å². The van der Waals surface area contributed by atoms with E-state index in [9.17, 15) is 0 Å². The van der Waals surface area contributed by atoms with Crippen molar-refractivity contribution in [1.82, 2.24) is 0 Å². The van der Waals surface area contributed by atoms with Crippen LogP contribution in [0.2, 0.25) is 0 Å². The summed E-state index contributed by atoms with van der Waals surface area (Å²) in [5.41, 5.74) is 17.5. The number of nitrogens with zero attached hydrogens (tertiary/aromatic N) is 1. The molecule has 55 heavy (non-hydrogen) atoms. The molecule has 0 spiro atoms. The Kier molecular flexibility index (Phi) is 7.85. The van der Waals surface area contributed by atoms with Gasteiger partial charge in [0.1, 0.15) is 11.3 Å². The quantitative estimate of drug-likeness (QED) is 0.164. The Hall–Kier alpha value is -6.90. The molecule has 9 aromatic rings. The van der Waals surface area contributed by atoms with Gasteiger partial charge in [0.05, 0.1) is 0 Å². The third-order valence-electron chi connectivity index (χ3n) is 11.3. The molecule has 0 fully saturated rings. The minimum atomic E-state index is -0.112. The third-order valence-corrected chi connectivity index (χ3v) is 11.3. The summed E-state index contributed by atoms with van der Waals surface area (Å²) < 4.78 is 6.47. The number of anilines is 3. The lowest BCUT2D eigenvalue weighted by Crippen LogP contribution is -2.14. The molecule has 0 amide bonds. The second kappa shape index (κ2) is 13.2. The Morgan fingerprint density at radius 2 is 0.764 bits per heavy atom. The maximum Gasteiger partial charge on any atom is 0.139 e. The standard InChI is InChI=1S/C53H39NO/c1-53(2)49-34-27-43(35-48(49)52-51(53)47-15-9-10-16-50(47)55-52)42-19-17-38(18-20-42)41-25-32-46(33-26-41)54(44-28-21-39(22-29-44)36-11-5-3-6-12-36)45-30-23-40(24-31-45)37-13-7-4-8-14-37/h3-35H,1-2H3. The van der Waals surface area contributed by atoms with Crippen LogP contribution in [-0.2, 0) is 5.41 Å². The van der Waals surface area contributed by atoms with Crippen LogP contribution in [0.15, 0.2) is 205 Å². The molecule has 0 radical (unpaired) electrons. The summed E-state index contributed by atoms with van der Waals surface area (Å²) in [6.45, 7) is 4.61. The number of hydrogen-bond donors (Lipinski definition) is 0. The van der Waals surface area contributed by atoms with Crippen LogP contribution in [0.1, 0.15) is 25.0 Å². The zero-order chi connectivity index (χ0) is 36.9. The predicted molar refractivity (Wildman–Crippen MR) is 230 cm³/mol. The predicted octanol–water partition coefficient (Wildman–Crippen LogP) is 14.9. The SMILES string of the molecule is CC1(C)c2ccc(-c3ccc(-c4ccc(N(c5ccc(-c6ccccc6)cc5)c5ccc(-c6ccccc6)cc5)cc4)cc3)cc2-c2oc3ccccc3c21. The summed E-state index contributed by atoms with van der Waals surface area (Å²) in [6.07, 6.45) is 0. The van der Waals surface area contributed by atoms with Crippen molar-refractivity contribution in [2.75, 3.05) is 4.90 Å². The molecule has 8 aromatic carbocycles. The zero-order valence-corrected chi connectivity index (χ0v) is 30.9. The first-order valence-electron chi connectivity index (χ1n) is 19.0. The fourth-order valence-electron chi connectivity index (χ4n) is 8.42. The lowest BCUT2D eigenvalue weighted by molar-refractivity contribution is 0.619. The van der Waals surface area contributed by atoms with Gasteiger partial charge in [0.2, 0.25) is 0 Å². The topological polar surface area (TPSA) is 16.4 Å². The van der Waals surface area contributed by atoms with Gasteiger partial charge in [0.25, 0.3) is 0 Å². The van der Waals surface area contributed by atoms with E-state index < -0.39 is 0 Å². The smallest absolute Gasteiger partial charge is 0.139 e. The lowest BCUT2D eigenvalue weighted by Gasteiger charge is -2.26. The van der Waals surface area contributed by atoms with Gasteiger partial charge in [-0.05, 0) is 98.6 Å². The largest absolute Gasteiger partial charge is 0.456 e. The molecule has 2 heteroatoms. The molecule has 1 aromatic heterocycles. The van der Waals surface area contributed by atoms with Crippen molar-refractivity contribution < 1.29 is 4.42 Å². The van der Waals surface area contributed by atoms with Crippen LogP contribution in [0.5, 0.6) is 0 Å². The average Bonchev–Trinajstić information content (AvgIpc) is 3.75. The molecular weight excluding hydrogens is 667 g/mol. The van der Waals surface area contributed by atoms with Gasteiger partial charge in [-0.2, -0.15) is 0 Å². The second-order valence-electron chi connectivity index (χ2n) is 15.0. The molecule has 0 bridgehead atoms. The summed E-state index contributed by atoms with van der Waals surface area (Å²) >= 11 is 0. The van der Waals surface area contributed by atoms with Crippen LogP contribution < -0.4 is 4.90 Å². The van der Waals surface area contributed by atoms with E-state index in [1.54, 1.807) is 0 Å². The average molecular weight is 706 g/mol. The summed E-state index contributed by atoms with van der Waals surface area (Å²) in [5, 5.41) is 1.21. The van der Waals surface area contributed by atoms with Gasteiger partial charge in [-0.15, -0.1) is 0 Å². The molecule has 2 nitrogen and oxygen atoms in total. The van der Waals surface area contributed by atoms with E-state index in [1.807, 2.05) is 6.07 Å². The van der Waals surface area contributed by atoms with Crippen molar-refractivity contribution in [3.63, 3.8) is 0 Å². The molecule has 262 valence electrons. The van der Waals surface area contributed by atoms with Crippen LogP contribution in [0.4, 0.5) is 17.1 Å². The number of hydrogen-bond acceptors (Lipinski definition) is 2. The Labute approximate surface area is 322 Å². The van der Waals surface area contributed by atoms with E-state index in [0.717, 1.165) is 28.4 Å². The van der Waals surface area contributed by atoms with E-state index in [1.165, 1.54) is 66.6 Å². The Balaban J connectivity index is 0.952. The number of fused-ring (bicyclic) bond motifs is 5. The maximum absolute atomic E-state index is 6.47. The number of rotatable bonds is 7. The Morgan fingerprint density at radius 1 is 0.382 bits per heavy atom. The number of para-hydroxylation sites is 1. The van der Waals surface area contributed by atoms with Crippen molar-refractivity contribution >= 4 is 28.0 Å². The van der Waals surface area contributed by atoms with Crippen molar-refractivity contribution in [2.24, 2.45) is 0 Å². The first-order valence-corrected chi connectivity index (χ1v) is 19.0. The van der Waals surface area contributed by atoms with Gasteiger partial charge in [-0.25, -0.2) is 0 Å². The molecule has 0 N–H and O–H groups in total. The lowest BCUT2D eigenvalue weighted by atomic mass is 9.81. The monoisotopic (exact) mass is 705 g/mol. The Bertz CT molecular complexity index is 2690. The van der Waals surface area contributed by atoms with Gasteiger partial charge < -0.3 is 9.32 Å². The highest BCUT2D eigenvalue weighted by atomic mass is 16.3. The van der Waals surface area contributed by atoms with Crippen molar-refractivity contribution in [1.29, 1.82) is 0 Å². The third kappa shape index (κ3) is 5.75. The highest BCUT2D eigenvalue weighted by Crippen LogP contribution is 2.53. The van der Waals surface area contributed by atoms with Crippen LogP contribution in [-0.4, -0.2) is 0 Å². The zero-order valence-electron chi connectivity index (χ0n) is 30.9. The van der Waals surface area contributed by atoms with E-state index in [-0.39, 0.29) is 5.41 Å². The summed E-state index contributed by atoms with van der Waals surface area (Å²) in [7, 11) is 0. The highest BCUT2D eigenvalue weighted by Gasteiger charge is 2.40. The van der Waals surface area contributed by atoms with Gasteiger partial charge >= 0.3 is 0 Å². The molecule has 10 rings (SSSR count). The first kappa shape index (κ1) is 32.7. The molecule has 0 atom stereocenters. The van der Waals surface area contributed by atoms with Crippen LogP contribution in [0, 0.1) is 0 Å².